The van der Waals surface area contributed by atoms with E-state index in [1.54, 1.807) is 32.9 Å². The highest BCUT2D eigenvalue weighted by molar-refractivity contribution is 8.00. The summed E-state index contributed by atoms with van der Waals surface area (Å²) in [4.78, 5) is 33.3. The van der Waals surface area contributed by atoms with Gasteiger partial charge in [-0.2, -0.15) is 0 Å². The summed E-state index contributed by atoms with van der Waals surface area (Å²) < 4.78 is 6.14. The van der Waals surface area contributed by atoms with E-state index in [1.807, 2.05) is 24.3 Å². The number of phenols is 1. The van der Waals surface area contributed by atoms with Gasteiger partial charge in [0.2, 0.25) is 10.9 Å². The number of hydrogen-bond acceptors (Lipinski definition) is 11. The van der Waals surface area contributed by atoms with E-state index >= 15 is 0 Å². The first-order valence-corrected chi connectivity index (χ1v) is 15.1. The van der Waals surface area contributed by atoms with Gasteiger partial charge in [0.1, 0.15) is 0 Å². The van der Waals surface area contributed by atoms with Crippen molar-refractivity contribution in [2.75, 3.05) is 11.5 Å². The first-order valence-electron chi connectivity index (χ1n) is 12.1. The fourth-order valence-electron chi connectivity index (χ4n) is 4.30. The first kappa shape index (κ1) is 28.1. The van der Waals surface area contributed by atoms with Gasteiger partial charge in [-0.05, 0) is 50.1 Å². The fraction of sp³-hybridized carbons (Fsp3) is 0.222. The van der Waals surface area contributed by atoms with Crippen molar-refractivity contribution in [3.05, 3.63) is 85.5 Å². The largest absolute Gasteiger partial charge is 0.504 e. The van der Waals surface area contributed by atoms with E-state index < -0.39 is 23.5 Å². The Morgan fingerprint density at radius 1 is 1.15 bits per heavy atom. The molecule has 1 aliphatic rings. The van der Waals surface area contributed by atoms with Gasteiger partial charge in [-0.3, -0.25) is 14.5 Å². The Kier molecular flexibility index (Phi) is 8.13. The Morgan fingerprint density at radius 3 is 2.62 bits per heavy atom. The van der Waals surface area contributed by atoms with Crippen LogP contribution in [0.5, 0.6) is 11.5 Å². The average molecular weight is 615 g/mol. The van der Waals surface area contributed by atoms with Gasteiger partial charge < -0.3 is 14.9 Å². The van der Waals surface area contributed by atoms with Gasteiger partial charge in [0.05, 0.1) is 33.8 Å². The average Bonchev–Trinajstić information content (AvgIpc) is 3.60. The maximum atomic E-state index is 13.8. The summed E-state index contributed by atoms with van der Waals surface area (Å²) in [5, 5.41) is 31.4. The maximum absolute atomic E-state index is 13.8. The van der Waals surface area contributed by atoms with E-state index in [4.69, 9.17) is 16.3 Å². The number of aliphatic hydroxyl groups is 1. The number of phenolic OH excluding ortho intramolecular Hbond substituents is 1. The highest BCUT2D eigenvalue weighted by Gasteiger charge is 2.47. The molecule has 0 spiro atoms. The fourth-order valence-corrected chi connectivity index (χ4v) is 7.33. The van der Waals surface area contributed by atoms with Crippen LogP contribution in [0.15, 0.2) is 58.1 Å². The quantitative estimate of drug-likeness (QED) is 0.124. The molecule has 1 unspecified atom stereocenters. The molecule has 2 aromatic heterocycles. The molecule has 0 bridgehead atoms. The SMILES string of the molecule is CCOc1cc(C2C(C(=O)c3sc(C)nc3C)=C(O)C(=O)N2c2nnc(SCc3ccccc3Cl)s2)ccc1O. The van der Waals surface area contributed by atoms with E-state index in [2.05, 4.69) is 15.2 Å². The zero-order chi connectivity index (χ0) is 28.6. The molecule has 1 aliphatic heterocycles. The summed E-state index contributed by atoms with van der Waals surface area (Å²) in [5.41, 5.74) is 1.77. The molecule has 2 aromatic carbocycles. The molecule has 0 fully saturated rings. The number of hydrogen-bond donors (Lipinski definition) is 2. The molecule has 206 valence electrons. The number of carbonyl (C=O) groups excluding carboxylic acids is 2. The Labute approximate surface area is 247 Å². The van der Waals surface area contributed by atoms with Crippen molar-refractivity contribution in [2.24, 2.45) is 0 Å². The van der Waals surface area contributed by atoms with Crippen molar-refractivity contribution in [3.63, 3.8) is 0 Å². The second kappa shape index (κ2) is 11.6. The van der Waals surface area contributed by atoms with E-state index in [9.17, 15) is 19.8 Å². The van der Waals surface area contributed by atoms with Crippen LogP contribution in [0.25, 0.3) is 0 Å². The highest BCUT2D eigenvalue weighted by Crippen LogP contribution is 2.46. The number of rotatable bonds is 9. The summed E-state index contributed by atoms with van der Waals surface area (Å²) in [5.74, 6) is -1.33. The number of aliphatic hydroxyl groups excluding tert-OH is 1. The van der Waals surface area contributed by atoms with E-state index in [0.717, 1.165) is 16.9 Å². The van der Waals surface area contributed by atoms with Gasteiger partial charge in [0.15, 0.2) is 21.6 Å². The number of ether oxygens (including phenoxy) is 1. The Balaban J connectivity index is 1.55. The lowest BCUT2D eigenvalue weighted by Crippen LogP contribution is -2.31. The normalized spacial score (nSPS) is 15.2. The standard InChI is InChI=1S/C27H23ClN4O5S3/c1-4-37-19-11-15(9-10-18(19)33)21-20(22(34)24-13(2)29-14(3)39-24)23(35)25(36)32(21)26-30-31-27(40-26)38-12-16-7-5-6-8-17(16)28/h5-11,21,33,35H,4,12H2,1-3H3. The molecule has 0 aliphatic carbocycles. The third kappa shape index (κ3) is 5.31. The molecule has 40 heavy (non-hydrogen) atoms. The monoisotopic (exact) mass is 614 g/mol. The minimum absolute atomic E-state index is 0.0920. The number of ketones is 1. The van der Waals surface area contributed by atoms with Crippen LogP contribution in [0.4, 0.5) is 5.13 Å². The highest BCUT2D eigenvalue weighted by atomic mass is 35.5. The number of thioether (sulfide) groups is 1. The molecule has 2 N–H and O–H groups in total. The maximum Gasteiger partial charge on any atom is 0.296 e. The zero-order valence-electron chi connectivity index (χ0n) is 21.5. The molecule has 1 atom stereocenters. The molecule has 9 nitrogen and oxygen atoms in total. The minimum Gasteiger partial charge on any atom is -0.504 e. The van der Waals surface area contributed by atoms with Crippen LogP contribution in [0.3, 0.4) is 0 Å². The smallest absolute Gasteiger partial charge is 0.296 e. The molecule has 4 aromatic rings. The lowest BCUT2D eigenvalue weighted by molar-refractivity contribution is -0.117. The predicted octanol–water partition coefficient (Wildman–Crippen LogP) is 6.44. The number of benzene rings is 2. The number of carbonyl (C=O) groups is 2. The van der Waals surface area contributed by atoms with Gasteiger partial charge in [-0.15, -0.1) is 21.5 Å². The summed E-state index contributed by atoms with van der Waals surface area (Å²) in [7, 11) is 0. The van der Waals surface area contributed by atoms with Crippen molar-refractivity contribution < 1.29 is 24.5 Å². The van der Waals surface area contributed by atoms with Crippen LogP contribution in [0, 0.1) is 13.8 Å². The number of Topliss-reactive ketones (excluding diaryl/α,β-unsaturated/α-hetero) is 1. The Morgan fingerprint density at radius 2 is 1.93 bits per heavy atom. The van der Waals surface area contributed by atoms with Crippen molar-refractivity contribution in [3.8, 4) is 11.5 Å². The molecule has 0 radical (unpaired) electrons. The van der Waals surface area contributed by atoms with Gasteiger partial charge in [0.25, 0.3) is 5.91 Å². The lowest BCUT2D eigenvalue weighted by Gasteiger charge is -2.24. The van der Waals surface area contributed by atoms with Gasteiger partial charge in [-0.25, -0.2) is 4.98 Å². The summed E-state index contributed by atoms with van der Waals surface area (Å²) in [6, 6.07) is 11.0. The summed E-state index contributed by atoms with van der Waals surface area (Å²) >= 11 is 10.0. The predicted molar refractivity (Wildman–Crippen MR) is 156 cm³/mol. The third-order valence-corrected chi connectivity index (χ3v) is 9.62. The second-order valence-corrected chi connectivity index (χ2v) is 12.5. The topological polar surface area (TPSA) is 126 Å². The van der Waals surface area contributed by atoms with Crippen molar-refractivity contribution in [2.45, 2.75) is 36.9 Å². The van der Waals surface area contributed by atoms with E-state index in [0.29, 0.717) is 42.9 Å². The number of amides is 1. The van der Waals surface area contributed by atoms with Crippen LogP contribution >= 0.6 is 46.0 Å². The van der Waals surface area contributed by atoms with Crippen LogP contribution in [0.2, 0.25) is 5.02 Å². The number of thiazole rings is 1. The number of aromatic hydroxyl groups is 1. The summed E-state index contributed by atoms with van der Waals surface area (Å²) in [6.07, 6.45) is 0. The second-order valence-electron chi connectivity index (χ2n) is 8.71. The van der Waals surface area contributed by atoms with Gasteiger partial charge in [-0.1, -0.05) is 59.0 Å². The van der Waals surface area contributed by atoms with Gasteiger partial charge in [0, 0.05) is 10.8 Å². The molecular formula is C27H23ClN4O5S3. The lowest BCUT2D eigenvalue weighted by atomic mass is 9.95. The van der Waals surface area contributed by atoms with Crippen LogP contribution in [-0.4, -0.2) is 43.7 Å². The van der Waals surface area contributed by atoms with Crippen molar-refractivity contribution >= 4 is 62.9 Å². The van der Waals surface area contributed by atoms with Crippen LogP contribution in [-0.2, 0) is 10.5 Å². The first-order chi connectivity index (χ1) is 19.2. The molecule has 0 saturated heterocycles. The Hall–Kier alpha value is -3.45. The van der Waals surface area contributed by atoms with Crippen molar-refractivity contribution in [1.82, 2.24) is 15.2 Å². The van der Waals surface area contributed by atoms with E-state index in [1.165, 1.54) is 34.1 Å². The number of nitrogens with zero attached hydrogens (tertiary/aromatic N) is 4. The molecular weight excluding hydrogens is 592 g/mol. The Bertz CT molecular complexity index is 1650. The van der Waals surface area contributed by atoms with E-state index in [-0.39, 0.29) is 22.2 Å². The van der Waals surface area contributed by atoms with Gasteiger partial charge >= 0.3 is 0 Å². The van der Waals surface area contributed by atoms with Crippen molar-refractivity contribution in [1.29, 1.82) is 0 Å². The third-order valence-electron chi connectivity index (χ3n) is 6.07. The number of anilines is 1. The molecule has 1 amide bonds. The molecule has 3 heterocycles. The molecule has 0 saturated carbocycles. The number of aromatic nitrogens is 3. The summed E-state index contributed by atoms with van der Waals surface area (Å²) in [6.45, 7) is 5.55. The van der Waals surface area contributed by atoms with Crippen LogP contribution < -0.4 is 9.64 Å². The van der Waals surface area contributed by atoms with Crippen LogP contribution in [0.1, 0.15) is 44.5 Å². The molecule has 13 heteroatoms. The number of aryl methyl sites for hydroxylation is 2. The minimum atomic E-state index is -1.05. The number of halogens is 1. The molecule has 5 rings (SSSR count). The zero-order valence-corrected chi connectivity index (χ0v) is 24.7.